The molecule has 0 fully saturated rings. The first-order valence-electron chi connectivity index (χ1n) is 6.06. The number of thiazole rings is 1. The van der Waals surface area contributed by atoms with Gasteiger partial charge in [0.25, 0.3) is 0 Å². The molecule has 0 saturated carbocycles. The van der Waals surface area contributed by atoms with Gasteiger partial charge in [-0.2, -0.15) is 0 Å². The number of aromatic carboxylic acids is 1. The Balaban J connectivity index is 2.56. The average molecular weight is 293 g/mol. The van der Waals surface area contributed by atoms with Crippen molar-refractivity contribution in [1.82, 2.24) is 4.98 Å². The first-order chi connectivity index (χ1) is 9.60. The van der Waals surface area contributed by atoms with Gasteiger partial charge in [-0.25, -0.2) is 9.78 Å². The van der Waals surface area contributed by atoms with Crippen molar-refractivity contribution in [3.8, 4) is 22.8 Å². The summed E-state index contributed by atoms with van der Waals surface area (Å²) in [4.78, 5) is 16.0. The zero-order valence-corrected chi connectivity index (χ0v) is 12.3. The molecule has 6 heteroatoms. The second kappa shape index (κ2) is 5.92. The number of carboxylic acids is 1. The number of nitrogens with zero attached hydrogens (tertiary/aromatic N) is 1. The molecule has 0 unspecified atom stereocenters. The fraction of sp³-hybridized carbons (Fsp3) is 0.286. The summed E-state index contributed by atoms with van der Waals surface area (Å²) in [5.74, 6) is 0.179. The standard InChI is InChI=1S/C14H15NO4S/c1-4-11-15-12(13(20-11)14(16)17)8-5-6-9(18-2)10(7-8)19-3/h5-7H,4H2,1-3H3,(H,16,17). The van der Waals surface area contributed by atoms with Gasteiger partial charge in [-0.1, -0.05) is 6.92 Å². The fourth-order valence-electron chi connectivity index (χ4n) is 1.84. The van der Waals surface area contributed by atoms with Gasteiger partial charge in [-0.05, 0) is 24.6 Å². The highest BCUT2D eigenvalue weighted by Gasteiger charge is 2.19. The van der Waals surface area contributed by atoms with Crippen LogP contribution < -0.4 is 9.47 Å². The molecule has 0 amide bonds. The van der Waals surface area contributed by atoms with E-state index in [4.69, 9.17) is 9.47 Å². The summed E-state index contributed by atoms with van der Waals surface area (Å²) >= 11 is 1.20. The van der Waals surface area contributed by atoms with Gasteiger partial charge < -0.3 is 14.6 Å². The van der Waals surface area contributed by atoms with Gasteiger partial charge >= 0.3 is 5.97 Å². The molecule has 0 spiro atoms. The molecule has 1 aromatic carbocycles. The van der Waals surface area contributed by atoms with Gasteiger partial charge in [0, 0.05) is 5.56 Å². The Morgan fingerprint density at radius 1 is 1.30 bits per heavy atom. The van der Waals surface area contributed by atoms with Crippen LogP contribution in [0, 0.1) is 0 Å². The monoisotopic (exact) mass is 293 g/mol. The highest BCUT2D eigenvalue weighted by atomic mass is 32.1. The number of carbonyl (C=O) groups is 1. The van der Waals surface area contributed by atoms with Crippen LogP contribution >= 0.6 is 11.3 Å². The van der Waals surface area contributed by atoms with Crippen molar-refractivity contribution in [2.45, 2.75) is 13.3 Å². The van der Waals surface area contributed by atoms with Gasteiger partial charge in [0.2, 0.25) is 0 Å². The number of ether oxygens (including phenoxy) is 2. The third-order valence-electron chi connectivity index (χ3n) is 2.83. The highest BCUT2D eigenvalue weighted by Crippen LogP contribution is 2.35. The molecular formula is C14H15NO4S. The van der Waals surface area contributed by atoms with E-state index in [2.05, 4.69) is 4.98 Å². The van der Waals surface area contributed by atoms with E-state index in [1.54, 1.807) is 25.3 Å². The molecule has 5 nitrogen and oxygen atoms in total. The molecule has 2 rings (SSSR count). The zero-order chi connectivity index (χ0) is 14.7. The molecule has 1 N–H and O–H groups in total. The number of aryl methyl sites for hydroxylation is 1. The minimum absolute atomic E-state index is 0.245. The van der Waals surface area contributed by atoms with Crippen molar-refractivity contribution in [1.29, 1.82) is 0 Å². The molecule has 0 aliphatic heterocycles. The third kappa shape index (κ3) is 2.60. The normalized spacial score (nSPS) is 10.3. The van der Waals surface area contributed by atoms with E-state index in [0.29, 0.717) is 29.2 Å². The van der Waals surface area contributed by atoms with E-state index in [9.17, 15) is 9.90 Å². The summed E-state index contributed by atoms with van der Waals surface area (Å²) in [6.07, 6.45) is 0.707. The van der Waals surface area contributed by atoms with Gasteiger partial charge in [0.1, 0.15) is 4.88 Å². The summed E-state index contributed by atoms with van der Waals surface area (Å²) in [5, 5.41) is 10.1. The summed E-state index contributed by atoms with van der Waals surface area (Å²) < 4.78 is 10.4. The van der Waals surface area contributed by atoms with Crippen LogP contribution in [0.25, 0.3) is 11.3 Å². The molecule has 20 heavy (non-hydrogen) atoms. The van der Waals surface area contributed by atoms with E-state index in [-0.39, 0.29) is 4.88 Å². The first-order valence-corrected chi connectivity index (χ1v) is 6.87. The van der Waals surface area contributed by atoms with Crippen molar-refractivity contribution in [3.05, 3.63) is 28.1 Å². The van der Waals surface area contributed by atoms with Crippen LogP contribution in [0.15, 0.2) is 18.2 Å². The predicted octanol–water partition coefficient (Wildman–Crippen LogP) is 3.09. The third-order valence-corrected chi connectivity index (χ3v) is 4.01. The Labute approximate surface area is 120 Å². The maximum Gasteiger partial charge on any atom is 0.348 e. The molecule has 1 aromatic heterocycles. The fourth-order valence-corrected chi connectivity index (χ4v) is 2.70. The second-order valence-corrected chi connectivity index (χ2v) is 5.10. The molecule has 0 aliphatic rings. The van der Waals surface area contributed by atoms with Crippen LogP contribution in [-0.4, -0.2) is 30.3 Å². The summed E-state index contributed by atoms with van der Waals surface area (Å²) in [6.45, 7) is 1.95. The molecule has 0 atom stereocenters. The van der Waals surface area contributed by atoms with E-state index in [1.165, 1.54) is 18.4 Å². The van der Waals surface area contributed by atoms with Crippen LogP contribution in [-0.2, 0) is 6.42 Å². The maximum absolute atomic E-state index is 11.3. The minimum atomic E-state index is -0.966. The van der Waals surface area contributed by atoms with Crippen molar-refractivity contribution in [2.24, 2.45) is 0 Å². The summed E-state index contributed by atoms with van der Waals surface area (Å²) in [6, 6.07) is 5.26. The lowest BCUT2D eigenvalue weighted by molar-refractivity contribution is 0.0702. The van der Waals surface area contributed by atoms with Crippen molar-refractivity contribution in [2.75, 3.05) is 14.2 Å². The Kier molecular flexibility index (Phi) is 4.24. The van der Waals surface area contributed by atoms with Gasteiger partial charge in [-0.3, -0.25) is 0 Å². The predicted molar refractivity (Wildman–Crippen MR) is 77.0 cm³/mol. The first kappa shape index (κ1) is 14.3. The molecule has 0 bridgehead atoms. The Bertz CT molecular complexity index is 636. The Morgan fingerprint density at radius 2 is 2.00 bits per heavy atom. The maximum atomic E-state index is 11.3. The Hall–Kier alpha value is -2.08. The molecule has 0 radical (unpaired) electrons. The number of rotatable bonds is 5. The molecule has 1 heterocycles. The van der Waals surface area contributed by atoms with Crippen LogP contribution in [0.1, 0.15) is 21.6 Å². The number of hydrogen-bond donors (Lipinski definition) is 1. The van der Waals surface area contributed by atoms with Gasteiger partial charge in [0.05, 0.1) is 24.9 Å². The van der Waals surface area contributed by atoms with E-state index >= 15 is 0 Å². The quantitative estimate of drug-likeness (QED) is 0.917. The average Bonchev–Trinajstić information content (AvgIpc) is 2.91. The number of aromatic nitrogens is 1. The zero-order valence-electron chi connectivity index (χ0n) is 11.5. The smallest absolute Gasteiger partial charge is 0.348 e. The lowest BCUT2D eigenvalue weighted by Crippen LogP contribution is -1.96. The highest BCUT2D eigenvalue weighted by molar-refractivity contribution is 7.14. The molecular weight excluding hydrogens is 278 g/mol. The Morgan fingerprint density at radius 3 is 2.55 bits per heavy atom. The van der Waals surface area contributed by atoms with Crippen LogP contribution in [0.5, 0.6) is 11.5 Å². The minimum Gasteiger partial charge on any atom is -0.493 e. The lowest BCUT2D eigenvalue weighted by atomic mass is 10.1. The number of hydrogen-bond acceptors (Lipinski definition) is 5. The largest absolute Gasteiger partial charge is 0.493 e. The molecule has 2 aromatic rings. The van der Waals surface area contributed by atoms with Crippen molar-refractivity contribution in [3.63, 3.8) is 0 Å². The number of methoxy groups -OCH3 is 2. The lowest BCUT2D eigenvalue weighted by Gasteiger charge is -2.08. The molecule has 0 saturated heterocycles. The second-order valence-electron chi connectivity index (χ2n) is 4.01. The van der Waals surface area contributed by atoms with Crippen LogP contribution in [0.3, 0.4) is 0 Å². The van der Waals surface area contributed by atoms with Crippen molar-refractivity contribution >= 4 is 17.3 Å². The molecule has 0 aliphatic carbocycles. The van der Waals surface area contributed by atoms with E-state index in [0.717, 1.165) is 5.01 Å². The topological polar surface area (TPSA) is 68.7 Å². The van der Waals surface area contributed by atoms with Crippen LogP contribution in [0.4, 0.5) is 0 Å². The summed E-state index contributed by atoms with van der Waals surface area (Å²) in [7, 11) is 3.09. The molecule has 106 valence electrons. The van der Waals surface area contributed by atoms with Crippen molar-refractivity contribution < 1.29 is 19.4 Å². The SMILES string of the molecule is CCc1nc(-c2ccc(OC)c(OC)c2)c(C(=O)O)s1. The van der Waals surface area contributed by atoms with E-state index in [1.807, 2.05) is 6.92 Å². The van der Waals surface area contributed by atoms with Gasteiger partial charge in [-0.15, -0.1) is 11.3 Å². The number of benzene rings is 1. The van der Waals surface area contributed by atoms with E-state index < -0.39 is 5.97 Å². The number of carboxylic acid groups (broad SMARTS) is 1. The van der Waals surface area contributed by atoms with Crippen LogP contribution in [0.2, 0.25) is 0 Å². The van der Waals surface area contributed by atoms with Gasteiger partial charge in [0.15, 0.2) is 11.5 Å². The summed E-state index contributed by atoms with van der Waals surface area (Å²) in [5.41, 5.74) is 1.18.